The molecule has 0 bridgehead atoms. The van der Waals surface area contributed by atoms with E-state index < -0.39 is 0 Å². The van der Waals surface area contributed by atoms with E-state index in [1.54, 1.807) is 6.34 Å². The van der Waals surface area contributed by atoms with Crippen LogP contribution in [0.2, 0.25) is 0 Å². The van der Waals surface area contributed by atoms with Gasteiger partial charge in [-0.1, -0.05) is 12.6 Å². The molecule has 74 valence electrons. The highest BCUT2D eigenvalue weighted by Crippen LogP contribution is 2.11. The molecule has 0 unspecified atom stereocenters. The van der Waals surface area contributed by atoms with Gasteiger partial charge in [-0.25, -0.2) is 9.98 Å². The largest absolute Gasteiger partial charge is 0.320 e. The second kappa shape index (κ2) is 4.56. The summed E-state index contributed by atoms with van der Waals surface area (Å²) in [6.07, 6.45) is 3.18. The number of hydrogen-bond donors (Lipinski definition) is 0. The van der Waals surface area contributed by atoms with Gasteiger partial charge >= 0.3 is 0 Å². The first-order valence-electron chi connectivity index (χ1n) is 4.46. The highest BCUT2D eigenvalue weighted by atomic mass is 15.2. The van der Waals surface area contributed by atoms with Crippen molar-refractivity contribution in [3.63, 3.8) is 0 Å². The third kappa shape index (κ3) is 2.42. The molecule has 0 aromatic carbocycles. The Morgan fingerprint density at radius 3 is 2.71 bits per heavy atom. The quantitative estimate of drug-likeness (QED) is 0.539. The average Bonchev–Trinajstić information content (AvgIpc) is 2.18. The number of aromatic nitrogens is 1. The van der Waals surface area contributed by atoms with Gasteiger partial charge in [0.2, 0.25) is 0 Å². The summed E-state index contributed by atoms with van der Waals surface area (Å²) in [6.45, 7) is 7.56. The molecule has 0 fully saturated rings. The van der Waals surface area contributed by atoms with Crippen LogP contribution in [0.4, 0.5) is 5.82 Å². The molecule has 3 nitrogen and oxygen atoms in total. The lowest BCUT2D eigenvalue weighted by Crippen LogP contribution is -2.15. The smallest absolute Gasteiger partial charge is 0.133 e. The van der Waals surface area contributed by atoms with Crippen molar-refractivity contribution in [2.45, 2.75) is 13.8 Å². The standard InChI is InChI=1S/C11H15N3/c1-5-12-8-14(4)11-7-6-9(2)10(3)13-11/h5-8H,1H2,2-4H3. The van der Waals surface area contributed by atoms with Crippen LogP contribution in [-0.4, -0.2) is 18.4 Å². The zero-order chi connectivity index (χ0) is 10.6. The summed E-state index contributed by atoms with van der Waals surface area (Å²) in [6, 6.07) is 4.02. The Labute approximate surface area is 84.8 Å². The lowest BCUT2D eigenvalue weighted by molar-refractivity contribution is 1.10. The Balaban J connectivity index is 2.90. The molecule has 1 heterocycles. The van der Waals surface area contributed by atoms with Gasteiger partial charge in [0.1, 0.15) is 5.82 Å². The van der Waals surface area contributed by atoms with E-state index in [0.717, 1.165) is 11.5 Å². The lowest BCUT2D eigenvalue weighted by atomic mass is 10.2. The summed E-state index contributed by atoms with van der Waals surface area (Å²) in [7, 11) is 1.91. The second-order valence-corrected chi connectivity index (χ2v) is 3.13. The summed E-state index contributed by atoms with van der Waals surface area (Å²) in [4.78, 5) is 10.2. The molecule has 0 atom stereocenters. The number of nitrogens with zero attached hydrogens (tertiary/aromatic N) is 3. The Kier molecular flexibility index (Phi) is 3.40. The Morgan fingerprint density at radius 2 is 2.14 bits per heavy atom. The predicted molar refractivity (Wildman–Crippen MR) is 60.8 cm³/mol. The first-order chi connectivity index (χ1) is 6.65. The molecule has 1 rings (SSSR count). The van der Waals surface area contributed by atoms with Crippen LogP contribution in [0.3, 0.4) is 0 Å². The fourth-order valence-corrected chi connectivity index (χ4v) is 1.02. The maximum Gasteiger partial charge on any atom is 0.133 e. The van der Waals surface area contributed by atoms with E-state index in [0.29, 0.717) is 0 Å². The minimum atomic E-state index is 0.888. The number of rotatable bonds is 3. The molecular weight excluding hydrogens is 174 g/mol. The van der Waals surface area contributed by atoms with Gasteiger partial charge in [0.25, 0.3) is 0 Å². The van der Waals surface area contributed by atoms with Crippen molar-refractivity contribution in [1.29, 1.82) is 0 Å². The molecule has 1 aromatic heterocycles. The van der Waals surface area contributed by atoms with E-state index >= 15 is 0 Å². The Hall–Kier alpha value is -1.64. The van der Waals surface area contributed by atoms with Crippen LogP contribution in [-0.2, 0) is 0 Å². The van der Waals surface area contributed by atoms with Crippen molar-refractivity contribution >= 4 is 12.2 Å². The van der Waals surface area contributed by atoms with Crippen LogP contribution in [0.1, 0.15) is 11.3 Å². The van der Waals surface area contributed by atoms with Crippen LogP contribution >= 0.6 is 0 Å². The summed E-state index contributed by atoms with van der Waals surface area (Å²) in [5.74, 6) is 0.888. The van der Waals surface area contributed by atoms with Crippen molar-refractivity contribution < 1.29 is 0 Å². The maximum absolute atomic E-state index is 4.43. The van der Waals surface area contributed by atoms with Crippen LogP contribution in [0.5, 0.6) is 0 Å². The monoisotopic (exact) mass is 189 g/mol. The van der Waals surface area contributed by atoms with Gasteiger partial charge in [0.05, 0.1) is 6.34 Å². The molecule has 0 spiro atoms. The molecule has 0 saturated carbocycles. The van der Waals surface area contributed by atoms with Crippen LogP contribution in [0.25, 0.3) is 0 Å². The Morgan fingerprint density at radius 1 is 1.43 bits per heavy atom. The van der Waals surface area contributed by atoms with Crippen LogP contribution in [0.15, 0.2) is 29.9 Å². The molecule has 0 aliphatic rings. The summed E-state index contributed by atoms with van der Waals surface area (Å²) in [5, 5.41) is 0. The molecule has 1 aromatic rings. The molecule has 14 heavy (non-hydrogen) atoms. The summed E-state index contributed by atoms with van der Waals surface area (Å²) < 4.78 is 0. The molecule has 0 saturated heterocycles. The topological polar surface area (TPSA) is 28.5 Å². The summed E-state index contributed by atoms with van der Waals surface area (Å²) >= 11 is 0. The van der Waals surface area contributed by atoms with Crippen molar-refractivity contribution in [2.75, 3.05) is 11.9 Å². The van der Waals surface area contributed by atoms with Crippen LogP contribution < -0.4 is 4.90 Å². The van der Waals surface area contributed by atoms with Crippen molar-refractivity contribution in [3.05, 3.63) is 36.2 Å². The van der Waals surface area contributed by atoms with Gasteiger partial charge in [-0.2, -0.15) is 0 Å². The fraction of sp³-hybridized carbons (Fsp3) is 0.273. The van der Waals surface area contributed by atoms with E-state index in [2.05, 4.69) is 22.6 Å². The minimum Gasteiger partial charge on any atom is -0.320 e. The lowest BCUT2D eigenvalue weighted by Gasteiger charge is -2.12. The van der Waals surface area contributed by atoms with Crippen LogP contribution in [0, 0.1) is 13.8 Å². The van der Waals surface area contributed by atoms with Gasteiger partial charge in [-0.15, -0.1) is 0 Å². The number of pyridine rings is 1. The Bertz CT molecular complexity index is 356. The average molecular weight is 189 g/mol. The highest BCUT2D eigenvalue weighted by Gasteiger charge is 2.00. The molecule has 0 aliphatic carbocycles. The summed E-state index contributed by atoms with van der Waals surface area (Å²) in [5.41, 5.74) is 2.24. The predicted octanol–water partition coefficient (Wildman–Crippen LogP) is 2.31. The second-order valence-electron chi connectivity index (χ2n) is 3.13. The molecule has 3 heteroatoms. The van der Waals surface area contributed by atoms with Crippen molar-refractivity contribution in [1.82, 2.24) is 4.98 Å². The molecule has 0 N–H and O–H groups in total. The first-order valence-corrected chi connectivity index (χ1v) is 4.46. The van der Waals surface area contributed by atoms with E-state index in [4.69, 9.17) is 0 Å². The first kappa shape index (κ1) is 10.4. The maximum atomic E-state index is 4.43. The normalized spacial score (nSPS) is 10.5. The number of aliphatic imine (C=N–C) groups is 1. The van der Waals surface area contributed by atoms with Gasteiger partial charge in [-0.05, 0) is 25.5 Å². The molecule has 0 amide bonds. The SMILES string of the molecule is C=CN=CN(C)c1ccc(C)c(C)n1. The zero-order valence-electron chi connectivity index (χ0n) is 8.86. The van der Waals surface area contributed by atoms with Crippen molar-refractivity contribution in [2.24, 2.45) is 4.99 Å². The number of aryl methyl sites for hydroxylation is 2. The van der Waals surface area contributed by atoms with Gasteiger partial charge in [0.15, 0.2) is 0 Å². The van der Waals surface area contributed by atoms with Gasteiger partial charge < -0.3 is 4.90 Å². The third-order valence-corrected chi connectivity index (χ3v) is 2.04. The zero-order valence-corrected chi connectivity index (χ0v) is 8.86. The van der Waals surface area contributed by atoms with E-state index in [1.807, 2.05) is 31.9 Å². The molecular formula is C11H15N3. The number of anilines is 1. The fourth-order valence-electron chi connectivity index (χ4n) is 1.02. The number of hydrogen-bond acceptors (Lipinski definition) is 2. The highest BCUT2D eigenvalue weighted by molar-refractivity contribution is 5.76. The van der Waals surface area contributed by atoms with E-state index in [1.165, 1.54) is 11.8 Å². The van der Waals surface area contributed by atoms with Gasteiger partial charge in [0, 0.05) is 18.9 Å². The van der Waals surface area contributed by atoms with E-state index in [-0.39, 0.29) is 0 Å². The minimum absolute atomic E-state index is 0.888. The molecule has 0 aliphatic heterocycles. The molecule has 0 radical (unpaired) electrons. The van der Waals surface area contributed by atoms with E-state index in [9.17, 15) is 0 Å². The third-order valence-electron chi connectivity index (χ3n) is 2.04. The van der Waals surface area contributed by atoms with Gasteiger partial charge in [-0.3, -0.25) is 0 Å². The van der Waals surface area contributed by atoms with Crippen molar-refractivity contribution in [3.8, 4) is 0 Å².